The van der Waals surface area contributed by atoms with Crippen molar-refractivity contribution >= 4 is 70.8 Å². The fourth-order valence-electron chi connectivity index (χ4n) is 8.45. The van der Waals surface area contributed by atoms with Crippen LogP contribution in [-0.4, -0.2) is 60.7 Å². The van der Waals surface area contributed by atoms with Crippen LogP contribution in [0.15, 0.2) is 232 Å². The van der Waals surface area contributed by atoms with Crippen molar-refractivity contribution in [3.8, 4) is 45.4 Å². The van der Waals surface area contributed by atoms with Crippen molar-refractivity contribution in [3.05, 3.63) is 267 Å². The zero-order valence-electron chi connectivity index (χ0n) is 45.7. The van der Waals surface area contributed by atoms with E-state index in [2.05, 4.69) is 112 Å². The Morgan fingerprint density at radius 3 is 1.05 bits per heavy atom. The minimum Gasteiger partial charge on any atom is -0.512 e. The van der Waals surface area contributed by atoms with Gasteiger partial charge >= 0.3 is 0 Å². The molecule has 15 heteroatoms. The molecule has 0 aliphatic heterocycles. The van der Waals surface area contributed by atoms with E-state index in [0.29, 0.717) is 17.5 Å². The molecule has 0 saturated heterocycles. The van der Waals surface area contributed by atoms with Gasteiger partial charge in [0.05, 0.1) is 39.8 Å². The van der Waals surface area contributed by atoms with E-state index in [-0.39, 0.29) is 71.9 Å². The molecule has 84 heavy (non-hydrogen) atoms. The smallest absolute Gasteiger partial charge is 0.155 e. The summed E-state index contributed by atoms with van der Waals surface area (Å²) in [4.78, 5) is 54.0. The van der Waals surface area contributed by atoms with Crippen LogP contribution in [0, 0.1) is 38.1 Å². The Morgan fingerprint density at radius 1 is 0.393 bits per heavy atom. The first-order valence-corrected chi connectivity index (χ1v) is 25.8. The molecule has 0 unspecified atom stereocenters. The molecule has 12 nitrogen and oxygen atoms in total. The van der Waals surface area contributed by atoms with E-state index in [0.717, 1.165) is 93.0 Å². The Balaban J connectivity index is 0.000000154. The fourth-order valence-corrected chi connectivity index (χ4v) is 8.45. The van der Waals surface area contributed by atoms with Crippen molar-refractivity contribution in [2.24, 2.45) is 0 Å². The number of carbonyl (C=O) groups is 1. The maximum Gasteiger partial charge on any atom is 0.155 e. The molecule has 3 radical (unpaired) electrons. The molecule has 419 valence electrons. The molecule has 0 fully saturated rings. The number of nitrogens with zero attached hydrogens (tertiary/aromatic N) is 10. The van der Waals surface area contributed by atoms with E-state index in [9.17, 15) is 4.79 Å². The SMILES string of the molecule is CC(=O)C=C(C)O.Cc1cnc(-c2[c-]cccc2)cc1C.[Ir].[Ir].[Ir].[c-]1ccccc1-c1ncc2cc3ccncc3cc2n1.[c-]1ccccc1-c1ncc2cc3ccncc3cc2n1.[c-]1ccccc1-c1ncc2cc3ccncc3cc2n1. The first-order valence-electron chi connectivity index (χ1n) is 25.8. The molecule has 0 atom stereocenters. The number of carbonyl (C=O) groups excluding carboxylic acids is 1. The van der Waals surface area contributed by atoms with Crippen molar-refractivity contribution < 1.29 is 70.2 Å². The predicted octanol–water partition coefficient (Wildman–Crippen LogP) is 15.1. The van der Waals surface area contributed by atoms with Gasteiger partial charge in [0.2, 0.25) is 0 Å². The molecule has 14 rings (SSSR count). The zero-order chi connectivity index (χ0) is 55.9. The van der Waals surface area contributed by atoms with Gasteiger partial charge in [0.25, 0.3) is 0 Å². The third kappa shape index (κ3) is 16.4. The van der Waals surface area contributed by atoms with Gasteiger partial charge in [-0.05, 0) is 110 Å². The van der Waals surface area contributed by atoms with Gasteiger partial charge in [-0.1, -0.05) is 11.6 Å². The van der Waals surface area contributed by atoms with Crippen LogP contribution < -0.4 is 0 Å². The minimum absolute atomic E-state index is 0. The van der Waals surface area contributed by atoms with Gasteiger partial charge in [-0.3, -0.25) is 49.7 Å². The summed E-state index contributed by atoms with van der Waals surface area (Å²) < 4.78 is 0. The van der Waals surface area contributed by atoms with E-state index < -0.39 is 0 Å². The van der Waals surface area contributed by atoms with Crippen LogP contribution >= 0.6 is 0 Å². The monoisotopic (exact) mass is 1630 g/mol. The number of benzene rings is 7. The number of aliphatic hydroxyl groups excluding tert-OH is 1. The molecule has 0 amide bonds. The van der Waals surface area contributed by atoms with Gasteiger partial charge in [0, 0.05) is 161 Å². The molecule has 0 saturated carbocycles. The average Bonchev–Trinajstić information content (AvgIpc) is 3.66. The Kier molecular flexibility index (Phi) is 22.7. The normalized spacial score (nSPS) is 10.5. The molecule has 7 heterocycles. The van der Waals surface area contributed by atoms with Crippen molar-refractivity contribution in [3.63, 3.8) is 0 Å². The van der Waals surface area contributed by atoms with Crippen LogP contribution in [0.1, 0.15) is 25.0 Å². The summed E-state index contributed by atoms with van der Waals surface area (Å²) in [6.45, 7) is 7.02. The molecular formula is C69H50Ir3N10O2-4. The molecular weight excluding hydrogens is 1580 g/mol. The number of pyridine rings is 4. The van der Waals surface area contributed by atoms with Gasteiger partial charge in [-0.25, -0.2) is 0 Å². The molecule has 14 aromatic rings. The van der Waals surface area contributed by atoms with Crippen LogP contribution in [0.4, 0.5) is 0 Å². The first-order chi connectivity index (χ1) is 39.6. The Labute approximate surface area is 526 Å². The van der Waals surface area contributed by atoms with Crippen molar-refractivity contribution in [2.45, 2.75) is 27.7 Å². The molecule has 0 bridgehead atoms. The second-order valence-electron chi connectivity index (χ2n) is 18.6. The summed E-state index contributed by atoms with van der Waals surface area (Å²) in [5.41, 5.74) is 10.0. The summed E-state index contributed by atoms with van der Waals surface area (Å²) in [5, 5.41) is 18.2. The summed E-state index contributed by atoms with van der Waals surface area (Å²) in [5.74, 6) is 2.02. The first kappa shape index (κ1) is 62.7. The second kappa shape index (κ2) is 30.4. The Hall–Kier alpha value is -8.90. The van der Waals surface area contributed by atoms with E-state index in [1.165, 1.54) is 31.1 Å². The molecule has 0 aliphatic rings. The minimum atomic E-state index is -0.125. The fraction of sp³-hybridized carbons (Fsp3) is 0.0580. The van der Waals surface area contributed by atoms with Crippen LogP contribution in [-0.2, 0) is 65.1 Å². The maximum absolute atomic E-state index is 10.0. The van der Waals surface area contributed by atoms with Gasteiger partial charge in [-0.2, -0.15) is 0 Å². The number of aryl methyl sites for hydroxylation is 2. The predicted molar refractivity (Wildman–Crippen MR) is 322 cm³/mol. The summed E-state index contributed by atoms with van der Waals surface area (Å²) in [6, 6.07) is 64.2. The zero-order valence-corrected chi connectivity index (χ0v) is 52.9. The number of hydrogen-bond donors (Lipinski definition) is 1. The van der Waals surface area contributed by atoms with E-state index >= 15 is 0 Å². The molecule has 7 aromatic heterocycles. The molecule has 7 aromatic carbocycles. The number of ketones is 1. The van der Waals surface area contributed by atoms with Gasteiger partial charge in [-0.15, -0.1) is 144 Å². The quantitative estimate of drug-likeness (QED) is 0.0751. The summed E-state index contributed by atoms with van der Waals surface area (Å²) in [6.07, 6.45) is 19.6. The Morgan fingerprint density at radius 2 is 0.750 bits per heavy atom. The number of rotatable bonds is 5. The van der Waals surface area contributed by atoms with Crippen molar-refractivity contribution in [1.29, 1.82) is 0 Å². The van der Waals surface area contributed by atoms with Crippen LogP contribution in [0.3, 0.4) is 0 Å². The number of hydrogen-bond acceptors (Lipinski definition) is 12. The van der Waals surface area contributed by atoms with Crippen LogP contribution in [0.2, 0.25) is 0 Å². The molecule has 0 spiro atoms. The van der Waals surface area contributed by atoms with Gasteiger partial charge in [0.15, 0.2) is 5.78 Å². The van der Waals surface area contributed by atoms with Crippen LogP contribution in [0.5, 0.6) is 0 Å². The standard InChI is InChI=1S/3C17H10N3.C13H12N.C5H8O2.3Ir/c3*1-2-4-12(5-3-1)17-19-11-15-8-13-6-7-18-10-14(13)9-16(15)20-17;1-10-8-13(14-9-11(10)2)12-6-4-3-5-7-12;1-4(6)3-5(2)7;;;/h3*1-4,6-11H;3-6,8-9H,1-2H3;3,6H,1-2H3;;;/q4*-1;;;;. The van der Waals surface area contributed by atoms with E-state index in [4.69, 9.17) is 5.11 Å². The van der Waals surface area contributed by atoms with Crippen molar-refractivity contribution in [2.75, 3.05) is 0 Å². The molecule has 1 N–H and O–H groups in total. The van der Waals surface area contributed by atoms with E-state index in [1.807, 2.05) is 177 Å². The van der Waals surface area contributed by atoms with Gasteiger partial charge in [0.1, 0.15) is 0 Å². The third-order valence-electron chi connectivity index (χ3n) is 12.6. The van der Waals surface area contributed by atoms with E-state index in [1.54, 1.807) is 18.6 Å². The number of fused-ring (bicyclic) bond motifs is 6. The maximum atomic E-state index is 10.0. The number of aromatic nitrogens is 10. The third-order valence-corrected chi connectivity index (χ3v) is 12.6. The summed E-state index contributed by atoms with van der Waals surface area (Å²) in [7, 11) is 0. The number of allylic oxidation sites excluding steroid dienone is 2. The van der Waals surface area contributed by atoms with Gasteiger partial charge < -0.3 is 10.1 Å². The number of aliphatic hydroxyl groups is 1. The van der Waals surface area contributed by atoms with Crippen LogP contribution in [0.25, 0.3) is 110 Å². The Bertz CT molecular complexity index is 4140. The largest absolute Gasteiger partial charge is 0.512 e. The summed E-state index contributed by atoms with van der Waals surface area (Å²) >= 11 is 0. The second-order valence-corrected chi connectivity index (χ2v) is 18.6. The molecule has 0 aliphatic carbocycles. The topological polar surface area (TPSA) is 166 Å². The average molecular weight is 1630 g/mol. The van der Waals surface area contributed by atoms with Crippen molar-refractivity contribution in [1.82, 2.24) is 49.8 Å².